The maximum Gasteiger partial charge on any atom is 0.191 e. The van der Waals surface area contributed by atoms with Gasteiger partial charge in [-0.25, -0.2) is 4.39 Å². The van der Waals surface area contributed by atoms with Crippen molar-refractivity contribution in [3.05, 3.63) is 35.8 Å². The molecule has 5 nitrogen and oxygen atoms in total. The smallest absolute Gasteiger partial charge is 0.191 e. The van der Waals surface area contributed by atoms with Crippen molar-refractivity contribution >= 4 is 28.6 Å². The van der Waals surface area contributed by atoms with Gasteiger partial charge >= 0.3 is 0 Å². The van der Waals surface area contributed by atoms with E-state index in [1.54, 1.807) is 24.9 Å². The molecule has 2 aromatic rings. The van der Waals surface area contributed by atoms with Crippen LogP contribution in [0.5, 0.6) is 0 Å². The van der Waals surface area contributed by atoms with E-state index in [9.17, 15) is 9.50 Å². The highest BCUT2D eigenvalue weighted by molar-refractivity contribution is 7.99. The maximum atomic E-state index is 13.2. The van der Waals surface area contributed by atoms with E-state index in [1.165, 1.54) is 12.1 Å². The first-order valence-electron chi connectivity index (χ1n) is 8.10. The SMILES string of the molecule is CN=C(NCCc1c[nH]c2cc(F)ccc12)NCC1(O)CCSC1. The second-order valence-electron chi connectivity index (χ2n) is 6.13. The Morgan fingerprint density at radius 1 is 1.46 bits per heavy atom. The van der Waals surface area contributed by atoms with Crippen molar-refractivity contribution in [3.8, 4) is 0 Å². The number of aromatic amines is 1. The van der Waals surface area contributed by atoms with E-state index in [2.05, 4.69) is 20.6 Å². The molecule has 0 radical (unpaired) electrons. The molecule has 4 N–H and O–H groups in total. The van der Waals surface area contributed by atoms with E-state index in [-0.39, 0.29) is 5.82 Å². The second-order valence-corrected chi connectivity index (χ2v) is 7.24. The quantitative estimate of drug-likeness (QED) is 0.491. The van der Waals surface area contributed by atoms with Crippen LogP contribution in [0.3, 0.4) is 0 Å². The van der Waals surface area contributed by atoms with Gasteiger partial charge in [-0.05, 0) is 42.4 Å². The topological polar surface area (TPSA) is 72.4 Å². The number of guanidine groups is 1. The number of nitrogens with zero attached hydrogens (tertiary/aromatic N) is 1. The highest BCUT2D eigenvalue weighted by atomic mass is 32.2. The van der Waals surface area contributed by atoms with E-state index in [1.807, 2.05) is 6.20 Å². The lowest BCUT2D eigenvalue weighted by molar-refractivity contribution is 0.0724. The number of halogens is 1. The number of H-pyrrole nitrogens is 1. The zero-order valence-corrected chi connectivity index (χ0v) is 14.5. The highest BCUT2D eigenvalue weighted by Gasteiger charge is 2.31. The minimum Gasteiger partial charge on any atom is -0.387 e. The second kappa shape index (κ2) is 7.44. The van der Waals surface area contributed by atoms with Gasteiger partial charge in [0.05, 0.1) is 5.60 Å². The van der Waals surface area contributed by atoms with Gasteiger partial charge in [0.15, 0.2) is 5.96 Å². The summed E-state index contributed by atoms with van der Waals surface area (Å²) >= 11 is 1.78. The molecule has 1 aromatic carbocycles. The molecule has 130 valence electrons. The number of aromatic nitrogens is 1. The molecular weight excluding hydrogens is 327 g/mol. The molecule has 1 atom stereocenters. The van der Waals surface area contributed by atoms with Gasteiger partial charge < -0.3 is 20.7 Å². The summed E-state index contributed by atoms with van der Waals surface area (Å²) in [7, 11) is 1.72. The van der Waals surface area contributed by atoms with Gasteiger partial charge in [-0.2, -0.15) is 11.8 Å². The number of rotatable bonds is 5. The Labute approximate surface area is 145 Å². The summed E-state index contributed by atoms with van der Waals surface area (Å²) in [5, 5.41) is 17.8. The van der Waals surface area contributed by atoms with E-state index in [4.69, 9.17) is 0 Å². The van der Waals surface area contributed by atoms with Crippen LogP contribution in [-0.2, 0) is 6.42 Å². The molecule has 0 spiro atoms. The van der Waals surface area contributed by atoms with Crippen LogP contribution in [0.1, 0.15) is 12.0 Å². The first-order chi connectivity index (χ1) is 11.6. The van der Waals surface area contributed by atoms with Crippen LogP contribution in [0.15, 0.2) is 29.4 Å². The maximum absolute atomic E-state index is 13.2. The van der Waals surface area contributed by atoms with Crippen LogP contribution in [0.2, 0.25) is 0 Å². The van der Waals surface area contributed by atoms with E-state index in [0.717, 1.165) is 40.8 Å². The molecule has 0 amide bonds. The average molecular weight is 350 g/mol. The van der Waals surface area contributed by atoms with Crippen molar-refractivity contribution in [2.75, 3.05) is 31.6 Å². The van der Waals surface area contributed by atoms with Crippen LogP contribution >= 0.6 is 11.8 Å². The molecule has 0 saturated carbocycles. The fraction of sp³-hybridized carbons (Fsp3) is 0.471. The number of thioether (sulfide) groups is 1. The summed E-state index contributed by atoms with van der Waals surface area (Å²) in [5.41, 5.74) is 1.32. The Hall–Kier alpha value is -1.73. The molecule has 7 heteroatoms. The zero-order valence-electron chi connectivity index (χ0n) is 13.7. The van der Waals surface area contributed by atoms with Gasteiger partial charge in [0.2, 0.25) is 0 Å². The molecule has 1 aliphatic rings. The van der Waals surface area contributed by atoms with Gasteiger partial charge in [-0.1, -0.05) is 0 Å². The van der Waals surface area contributed by atoms with E-state index < -0.39 is 5.60 Å². The highest BCUT2D eigenvalue weighted by Crippen LogP contribution is 2.26. The first-order valence-corrected chi connectivity index (χ1v) is 9.25. The number of hydrogen-bond donors (Lipinski definition) is 4. The van der Waals surface area contributed by atoms with E-state index in [0.29, 0.717) is 19.0 Å². The van der Waals surface area contributed by atoms with Gasteiger partial charge in [0.1, 0.15) is 5.82 Å². The third-order valence-corrected chi connectivity index (χ3v) is 5.54. The molecule has 0 aliphatic carbocycles. The average Bonchev–Trinajstić information content (AvgIpc) is 3.17. The summed E-state index contributed by atoms with van der Waals surface area (Å²) in [5.74, 6) is 2.22. The third kappa shape index (κ3) is 4.02. The van der Waals surface area contributed by atoms with Crippen molar-refractivity contribution in [1.29, 1.82) is 0 Å². The lowest BCUT2D eigenvalue weighted by Crippen LogP contribution is -2.47. The molecule has 24 heavy (non-hydrogen) atoms. The van der Waals surface area contributed by atoms with E-state index >= 15 is 0 Å². The van der Waals surface area contributed by atoms with Gasteiger partial charge in [-0.3, -0.25) is 4.99 Å². The number of hydrogen-bond acceptors (Lipinski definition) is 3. The van der Waals surface area contributed by atoms with Crippen LogP contribution in [-0.4, -0.2) is 53.3 Å². The Morgan fingerprint density at radius 2 is 2.33 bits per heavy atom. The predicted octanol–water partition coefficient (Wildman–Crippen LogP) is 1.88. The van der Waals surface area contributed by atoms with Crippen molar-refractivity contribution in [1.82, 2.24) is 15.6 Å². The summed E-state index contributed by atoms with van der Waals surface area (Å²) in [6, 6.07) is 4.79. The fourth-order valence-electron chi connectivity index (χ4n) is 2.89. The van der Waals surface area contributed by atoms with Crippen molar-refractivity contribution in [2.45, 2.75) is 18.4 Å². The summed E-state index contributed by atoms with van der Waals surface area (Å²) in [4.78, 5) is 7.29. The Bertz CT molecular complexity index is 724. The molecule has 1 aromatic heterocycles. The van der Waals surface area contributed by atoms with Crippen LogP contribution in [0, 0.1) is 5.82 Å². The largest absolute Gasteiger partial charge is 0.387 e. The van der Waals surface area contributed by atoms with Crippen LogP contribution in [0.4, 0.5) is 4.39 Å². The summed E-state index contributed by atoms with van der Waals surface area (Å²) in [6.07, 6.45) is 3.53. The number of aliphatic hydroxyl groups is 1. The molecular formula is C17H23FN4OS. The van der Waals surface area contributed by atoms with Gasteiger partial charge in [0, 0.05) is 43.0 Å². The van der Waals surface area contributed by atoms with Crippen molar-refractivity contribution in [2.24, 2.45) is 4.99 Å². The standard InChI is InChI=1S/C17H23FN4OS/c1-19-16(22-10-17(23)5-7-24-11-17)20-6-4-12-9-21-15-8-13(18)2-3-14(12)15/h2-3,8-9,21,23H,4-7,10-11H2,1H3,(H2,19,20,22). The molecule has 1 fully saturated rings. The Balaban J connectivity index is 1.50. The molecule has 2 heterocycles. The third-order valence-electron chi connectivity index (χ3n) is 4.31. The van der Waals surface area contributed by atoms with Gasteiger partial charge in [0.25, 0.3) is 0 Å². The summed E-state index contributed by atoms with van der Waals surface area (Å²) in [6.45, 7) is 1.21. The van der Waals surface area contributed by atoms with Crippen molar-refractivity contribution in [3.63, 3.8) is 0 Å². The lowest BCUT2D eigenvalue weighted by Gasteiger charge is -2.23. The number of nitrogens with one attached hydrogen (secondary N) is 3. The first kappa shape index (κ1) is 17.1. The molecule has 0 bridgehead atoms. The Morgan fingerprint density at radius 3 is 3.08 bits per heavy atom. The monoisotopic (exact) mass is 350 g/mol. The molecule has 3 rings (SSSR count). The molecule has 1 unspecified atom stereocenters. The minimum absolute atomic E-state index is 0.235. The normalized spacial score (nSPS) is 21.4. The minimum atomic E-state index is -0.636. The summed E-state index contributed by atoms with van der Waals surface area (Å²) < 4.78 is 13.2. The van der Waals surface area contributed by atoms with Gasteiger partial charge in [-0.15, -0.1) is 0 Å². The number of benzene rings is 1. The lowest BCUT2D eigenvalue weighted by atomic mass is 10.0. The fourth-order valence-corrected chi connectivity index (χ4v) is 4.18. The zero-order chi connectivity index (χ0) is 17.0. The molecule has 1 saturated heterocycles. The van der Waals surface area contributed by atoms with Crippen molar-refractivity contribution < 1.29 is 9.50 Å². The molecule has 1 aliphatic heterocycles. The van der Waals surface area contributed by atoms with Crippen LogP contribution < -0.4 is 10.6 Å². The Kier molecular flexibility index (Phi) is 5.30. The predicted molar refractivity (Wildman–Crippen MR) is 98.2 cm³/mol. The number of aliphatic imine (C=N–C) groups is 1. The van der Waals surface area contributed by atoms with Crippen LogP contribution in [0.25, 0.3) is 10.9 Å². The number of fused-ring (bicyclic) bond motifs is 1.